The summed E-state index contributed by atoms with van der Waals surface area (Å²) in [6.07, 6.45) is 6.19. The molecule has 0 aromatic carbocycles. The number of carbonyl (C=O) groups excluding carboxylic acids is 1. The van der Waals surface area contributed by atoms with Crippen molar-refractivity contribution in [3.8, 4) is 0 Å². The van der Waals surface area contributed by atoms with E-state index < -0.39 is 0 Å². The second-order valence-electron chi connectivity index (χ2n) is 3.72. The number of hydrogen-bond acceptors (Lipinski definition) is 2. The molecular weight excluding hydrogens is 178 g/mol. The Hall–Kier alpha value is -0.570. The van der Waals surface area contributed by atoms with E-state index in [1.165, 1.54) is 12.8 Å². The van der Waals surface area contributed by atoms with Gasteiger partial charge in [0.15, 0.2) is 0 Å². The molecule has 0 heterocycles. The fourth-order valence-corrected chi connectivity index (χ4v) is 1.40. The maximum Gasteiger partial charge on any atom is 0.219 e. The smallest absolute Gasteiger partial charge is 0.219 e. The summed E-state index contributed by atoms with van der Waals surface area (Å²) in [5, 5.41) is 12.1. The zero-order valence-corrected chi connectivity index (χ0v) is 9.38. The van der Waals surface area contributed by atoms with Gasteiger partial charge >= 0.3 is 0 Å². The normalized spacial score (nSPS) is 12.5. The summed E-state index contributed by atoms with van der Waals surface area (Å²) in [7, 11) is 1.64. The zero-order chi connectivity index (χ0) is 10.8. The average molecular weight is 201 g/mol. The quantitative estimate of drug-likeness (QED) is 0.589. The van der Waals surface area contributed by atoms with Crippen molar-refractivity contribution >= 4 is 5.91 Å². The molecule has 0 bridgehead atoms. The predicted molar refractivity (Wildman–Crippen MR) is 58.1 cm³/mol. The maximum atomic E-state index is 10.9. The Bertz CT molecular complexity index is 148. The first kappa shape index (κ1) is 13.4. The summed E-state index contributed by atoms with van der Waals surface area (Å²) in [4.78, 5) is 10.9. The molecule has 3 heteroatoms. The molecule has 0 aliphatic carbocycles. The average Bonchev–Trinajstić information content (AvgIpc) is 2.18. The van der Waals surface area contributed by atoms with Crippen LogP contribution >= 0.6 is 0 Å². The lowest BCUT2D eigenvalue weighted by atomic mass is 10.1. The van der Waals surface area contributed by atoms with Gasteiger partial charge in [0, 0.05) is 13.5 Å². The fraction of sp³-hybridized carbons (Fsp3) is 0.909. The van der Waals surface area contributed by atoms with Gasteiger partial charge in [0.1, 0.15) is 0 Å². The van der Waals surface area contributed by atoms with Crippen molar-refractivity contribution in [2.45, 2.75) is 58.0 Å². The molecule has 1 amide bonds. The van der Waals surface area contributed by atoms with E-state index in [-0.39, 0.29) is 12.0 Å². The summed E-state index contributed by atoms with van der Waals surface area (Å²) in [6, 6.07) is 0. The largest absolute Gasteiger partial charge is 0.393 e. The van der Waals surface area contributed by atoms with Gasteiger partial charge in [-0.2, -0.15) is 0 Å². The molecule has 0 fully saturated rings. The molecule has 0 aliphatic rings. The molecule has 2 N–H and O–H groups in total. The van der Waals surface area contributed by atoms with Crippen molar-refractivity contribution in [1.29, 1.82) is 0 Å². The van der Waals surface area contributed by atoms with Crippen LogP contribution in [0.4, 0.5) is 0 Å². The molecule has 0 radical (unpaired) electrons. The minimum Gasteiger partial charge on any atom is -0.393 e. The third-order valence-electron chi connectivity index (χ3n) is 2.36. The minimum absolute atomic E-state index is 0.0609. The monoisotopic (exact) mass is 201 g/mol. The second-order valence-corrected chi connectivity index (χ2v) is 3.72. The summed E-state index contributed by atoms with van der Waals surface area (Å²) in [5.74, 6) is 0.0609. The van der Waals surface area contributed by atoms with Crippen LogP contribution in [0.3, 0.4) is 0 Å². The number of aliphatic hydroxyl groups is 1. The van der Waals surface area contributed by atoms with Crippen molar-refractivity contribution < 1.29 is 9.90 Å². The van der Waals surface area contributed by atoms with Gasteiger partial charge in [0.05, 0.1) is 6.10 Å². The van der Waals surface area contributed by atoms with Gasteiger partial charge < -0.3 is 10.4 Å². The van der Waals surface area contributed by atoms with Crippen molar-refractivity contribution in [1.82, 2.24) is 5.32 Å². The molecule has 0 saturated heterocycles. The van der Waals surface area contributed by atoms with Crippen LogP contribution in [0, 0.1) is 0 Å². The van der Waals surface area contributed by atoms with Gasteiger partial charge in [-0.25, -0.2) is 0 Å². The predicted octanol–water partition coefficient (Wildman–Crippen LogP) is 1.84. The summed E-state index contributed by atoms with van der Waals surface area (Å²) < 4.78 is 0. The van der Waals surface area contributed by atoms with E-state index in [1.807, 2.05) is 0 Å². The molecule has 1 unspecified atom stereocenters. The number of carbonyl (C=O) groups is 1. The molecule has 0 aromatic rings. The van der Waals surface area contributed by atoms with Gasteiger partial charge in [-0.15, -0.1) is 0 Å². The Morgan fingerprint density at radius 1 is 1.29 bits per heavy atom. The third kappa shape index (κ3) is 8.05. The number of aliphatic hydroxyl groups excluding tert-OH is 1. The Balaban J connectivity index is 3.26. The number of rotatable bonds is 8. The van der Waals surface area contributed by atoms with Crippen LogP contribution in [0.5, 0.6) is 0 Å². The molecule has 1 atom stereocenters. The Morgan fingerprint density at radius 3 is 2.50 bits per heavy atom. The van der Waals surface area contributed by atoms with Gasteiger partial charge in [-0.3, -0.25) is 4.79 Å². The van der Waals surface area contributed by atoms with E-state index in [1.54, 1.807) is 7.05 Å². The van der Waals surface area contributed by atoms with Crippen LogP contribution < -0.4 is 5.32 Å². The molecule has 0 saturated carbocycles. The summed E-state index contributed by atoms with van der Waals surface area (Å²) >= 11 is 0. The fourth-order valence-electron chi connectivity index (χ4n) is 1.40. The first-order valence-corrected chi connectivity index (χ1v) is 5.59. The van der Waals surface area contributed by atoms with E-state index in [4.69, 9.17) is 0 Å². The number of unbranched alkanes of at least 4 members (excludes halogenated alkanes) is 2. The Morgan fingerprint density at radius 2 is 1.93 bits per heavy atom. The van der Waals surface area contributed by atoms with Crippen molar-refractivity contribution in [2.75, 3.05) is 7.05 Å². The van der Waals surface area contributed by atoms with Gasteiger partial charge in [-0.1, -0.05) is 26.2 Å². The van der Waals surface area contributed by atoms with E-state index in [0.717, 1.165) is 25.7 Å². The van der Waals surface area contributed by atoms with Crippen molar-refractivity contribution in [3.05, 3.63) is 0 Å². The lowest BCUT2D eigenvalue weighted by Crippen LogP contribution is -2.18. The molecule has 0 aromatic heterocycles. The van der Waals surface area contributed by atoms with Crippen LogP contribution in [-0.2, 0) is 4.79 Å². The third-order valence-corrected chi connectivity index (χ3v) is 2.36. The van der Waals surface area contributed by atoms with Gasteiger partial charge in [0.25, 0.3) is 0 Å². The molecule has 3 nitrogen and oxygen atoms in total. The van der Waals surface area contributed by atoms with Gasteiger partial charge in [-0.05, 0) is 19.3 Å². The van der Waals surface area contributed by atoms with Crippen LogP contribution in [0.25, 0.3) is 0 Å². The molecule has 0 aliphatic heterocycles. The standard InChI is InChI=1S/C11H23NO2/c1-3-4-5-7-10(13)8-6-9-11(14)12-2/h10,13H,3-9H2,1-2H3,(H,12,14). The van der Waals surface area contributed by atoms with Crippen LogP contribution in [0.2, 0.25) is 0 Å². The lowest BCUT2D eigenvalue weighted by Gasteiger charge is -2.09. The molecule has 84 valence electrons. The number of hydrogen-bond donors (Lipinski definition) is 2. The Labute approximate surface area is 86.9 Å². The summed E-state index contributed by atoms with van der Waals surface area (Å²) in [5.41, 5.74) is 0. The van der Waals surface area contributed by atoms with E-state index >= 15 is 0 Å². The van der Waals surface area contributed by atoms with Gasteiger partial charge in [0.2, 0.25) is 5.91 Å². The minimum atomic E-state index is -0.216. The molecule has 0 rings (SSSR count). The number of amides is 1. The summed E-state index contributed by atoms with van der Waals surface area (Å²) in [6.45, 7) is 2.15. The highest BCUT2D eigenvalue weighted by Crippen LogP contribution is 2.09. The van der Waals surface area contributed by atoms with Crippen molar-refractivity contribution in [3.63, 3.8) is 0 Å². The lowest BCUT2D eigenvalue weighted by molar-refractivity contribution is -0.120. The first-order valence-electron chi connectivity index (χ1n) is 5.59. The number of nitrogens with one attached hydrogen (secondary N) is 1. The first-order chi connectivity index (χ1) is 6.70. The topological polar surface area (TPSA) is 49.3 Å². The Kier molecular flexibility index (Phi) is 8.64. The molecular formula is C11H23NO2. The van der Waals surface area contributed by atoms with E-state index in [0.29, 0.717) is 6.42 Å². The van der Waals surface area contributed by atoms with Crippen LogP contribution in [0.15, 0.2) is 0 Å². The highest BCUT2D eigenvalue weighted by Gasteiger charge is 2.05. The van der Waals surface area contributed by atoms with Crippen LogP contribution in [-0.4, -0.2) is 24.2 Å². The maximum absolute atomic E-state index is 10.9. The molecule has 14 heavy (non-hydrogen) atoms. The second kappa shape index (κ2) is 9.00. The zero-order valence-electron chi connectivity index (χ0n) is 9.38. The highest BCUT2D eigenvalue weighted by molar-refractivity contribution is 5.75. The molecule has 0 spiro atoms. The van der Waals surface area contributed by atoms with Crippen molar-refractivity contribution in [2.24, 2.45) is 0 Å². The SMILES string of the molecule is CCCCCC(O)CCCC(=O)NC. The van der Waals surface area contributed by atoms with E-state index in [9.17, 15) is 9.90 Å². The van der Waals surface area contributed by atoms with Crippen LogP contribution in [0.1, 0.15) is 51.9 Å². The highest BCUT2D eigenvalue weighted by atomic mass is 16.3. The van der Waals surface area contributed by atoms with E-state index in [2.05, 4.69) is 12.2 Å².